The minimum atomic E-state index is -3.99. The smallest absolute Gasteiger partial charge is 0.352 e. The van der Waals surface area contributed by atoms with Crippen LogP contribution in [0.4, 0.5) is 5.13 Å². The molecule has 0 aliphatic carbocycles. The quantitative estimate of drug-likeness (QED) is 0.0184. The third-order valence-corrected chi connectivity index (χ3v) is 12.2. The molecule has 0 radical (unpaired) electrons. The molecule has 2 aliphatic rings. The highest BCUT2D eigenvalue weighted by Gasteiger charge is 2.54. The van der Waals surface area contributed by atoms with Crippen molar-refractivity contribution < 1.29 is 48.1 Å². The Labute approximate surface area is 300 Å². The molecule has 19 nitrogen and oxygen atoms in total. The Morgan fingerprint density at radius 1 is 1.20 bits per heavy atom. The first-order chi connectivity index (χ1) is 24.4. The van der Waals surface area contributed by atoms with E-state index < -0.39 is 68.6 Å². The Morgan fingerprint density at radius 3 is 2.71 bits per heavy atom. The number of aliphatic hydroxyl groups excluding tert-OH is 1. The number of carbonyl (C=O) groups excluding carboxylic acids is 2. The number of amides is 2. The molecule has 3 aromatic heterocycles. The number of thiazole rings is 1. The number of nitrogen functional groups attached to an aromatic ring is 1. The van der Waals surface area contributed by atoms with Gasteiger partial charge in [0.15, 0.2) is 38.0 Å². The van der Waals surface area contributed by atoms with E-state index in [0.29, 0.717) is 22.2 Å². The molecule has 1 aromatic carbocycles. The lowest BCUT2D eigenvalue weighted by Gasteiger charge is -2.49. The number of hydrogen-bond acceptors (Lipinski definition) is 18. The molecule has 7 N–H and O–H groups in total. The van der Waals surface area contributed by atoms with Gasteiger partial charge < -0.3 is 36.3 Å². The topological polar surface area (TPSA) is 285 Å². The van der Waals surface area contributed by atoms with Gasteiger partial charge in [0, 0.05) is 35.6 Å². The number of carboxylic acid groups (broad SMARTS) is 1. The predicted octanol–water partition coefficient (Wildman–Crippen LogP) is -0.165. The lowest BCUT2D eigenvalue weighted by molar-refractivity contribution is -0.150. The average molecular weight is 778 g/mol. The van der Waals surface area contributed by atoms with Crippen LogP contribution in [0.5, 0.6) is 11.5 Å². The van der Waals surface area contributed by atoms with Crippen LogP contribution in [0.2, 0.25) is 0 Å². The molecular formula is C28H27N9O10S4. The zero-order valence-electron chi connectivity index (χ0n) is 25.9. The number of anilines is 1. The Hall–Kier alpha value is -4.97. The van der Waals surface area contributed by atoms with E-state index >= 15 is 0 Å². The number of carbonyl (C=O) groups is 3. The molecule has 4 aromatic rings. The zero-order valence-corrected chi connectivity index (χ0v) is 29.2. The maximum absolute atomic E-state index is 13.4. The summed E-state index contributed by atoms with van der Waals surface area (Å²) in [6.45, 7) is -0.656. The molecule has 0 spiro atoms. The highest BCUT2D eigenvalue weighted by atomic mass is 32.2. The van der Waals surface area contributed by atoms with E-state index in [1.807, 2.05) is 0 Å². The SMILES string of the molecule is Nc1nc(C(=NOCCS(=O)(=O)c2ccc(O)c(O)c2)C(=O)N[C@@H]2C(=O)N3C(C(=O)O)=C(CSc4ccnc5nc(CCO)nn45)CS[C@H]23)cs1. The van der Waals surface area contributed by atoms with Crippen molar-refractivity contribution in [1.29, 1.82) is 0 Å². The molecule has 6 rings (SSSR count). The second-order valence-electron chi connectivity index (χ2n) is 10.7. The van der Waals surface area contributed by atoms with E-state index in [1.165, 1.54) is 39.6 Å². The Balaban J connectivity index is 1.14. The van der Waals surface area contributed by atoms with Crippen molar-refractivity contribution in [3.8, 4) is 11.5 Å². The summed E-state index contributed by atoms with van der Waals surface area (Å²) >= 11 is 3.53. The number of phenols is 2. The first-order valence-electron chi connectivity index (χ1n) is 14.7. The number of aromatic hydroxyl groups is 2. The second kappa shape index (κ2) is 14.7. The summed E-state index contributed by atoms with van der Waals surface area (Å²) < 4.78 is 26.8. The van der Waals surface area contributed by atoms with Gasteiger partial charge in [-0.15, -0.1) is 40.0 Å². The number of aliphatic hydroxyl groups is 1. The number of nitrogens with zero attached hydrogens (tertiary/aromatic N) is 7. The van der Waals surface area contributed by atoms with E-state index in [0.717, 1.165) is 34.4 Å². The largest absolute Gasteiger partial charge is 0.504 e. The monoisotopic (exact) mass is 777 g/mol. The zero-order chi connectivity index (χ0) is 36.4. The van der Waals surface area contributed by atoms with Gasteiger partial charge in [0.2, 0.25) is 0 Å². The lowest BCUT2D eigenvalue weighted by Crippen LogP contribution is -2.71. The van der Waals surface area contributed by atoms with Crippen LogP contribution in [0, 0.1) is 0 Å². The lowest BCUT2D eigenvalue weighted by atomic mass is 10.0. The van der Waals surface area contributed by atoms with Gasteiger partial charge in [-0.05, 0) is 23.8 Å². The number of hydrogen-bond donors (Lipinski definition) is 6. The summed E-state index contributed by atoms with van der Waals surface area (Å²) in [5, 5.41) is 50.5. The summed E-state index contributed by atoms with van der Waals surface area (Å²) in [7, 11) is -3.99. The third kappa shape index (κ3) is 7.42. The standard InChI is InChI=1S/C28H27N9O10S4/c29-27-31-15(12-50-27)20(35-47-7-8-51(45,46)14-1-2-16(39)17(40)9-14)23(41)33-21-24(42)36-22(26(43)44)13(11-49-25(21)36)10-48-19-3-5-30-28-32-18(4-6-38)34-37(19)28/h1-3,5,9,12,21,25,38-40H,4,6-8,10-11H2,(H2,29,31)(H,33,41)(H,43,44)/t21-,25-/m1/s1. The number of thioether (sulfide) groups is 2. The van der Waals surface area contributed by atoms with Gasteiger partial charge in [-0.2, -0.15) is 9.50 Å². The molecule has 2 atom stereocenters. The molecule has 51 heavy (non-hydrogen) atoms. The van der Waals surface area contributed by atoms with Crippen molar-refractivity contribution in [1.82, 2.24) is 34.8 Å². The Kier molecular flexibility index (Phi) is 10.3. The number of nitrogens with two attached hydrogens (primary N) is 1. The number of carboxylic acids is 1. The van der Waals surface area contributed by atoms with Crippen LogP contribution in [0.15, 0.2) is 62.2 Å². The van der Waals surface area contributed by atoms with Gasteiger partial charge in [0.1, 0.15) is 34.4 Å². The van der Waals surface area contributed by atoms with Crippen LogP contribution < -0.4 is 11.1 Å². The van der Waals surface area contributed by atoms with Crippen LogP contribution in [0.1, 0.15) is 11.5 Å². The summed E-state index contributed by atoms with van der Waals surface area (Å²) in [6, 6.07) is 3.57. The summed E-state index contributed by atoms with van der Waals surface area (Å²) in [5.41, 5.74) is 5.60. The molecule has 0 saturated carbocycles. The fourth-order valence-electron chi connectivity index (χ4n) is 4.97. The number of fused-ring (bicyclic) bond motifs is 2. The van der Waals surface area contributed by atoms with Crippen molar-refractivity contribution in [2.75, 3.05) is 36.2 Å². The van der Waals surface area contributed by atoms with Crippen molar-refractivity contribution in [2.45, 2.75) is 27.8 Å². The Bertz CT molecular complexity index is 2200. The number of aromatic nitrogens is 5. The number of rotatable bonds is 14. The molecule has 23 heteroatoms. The number of benzene rings is 1. The highest BCUT2D eigenvalue weighted by Crippen LogP contribution is 2.41. The van der Waals surface area contributed by atoms with Crippen LogP contribution >= 0.6 is 34.9 Å². The van der Waals surface area contributed by atoms with Gasteiger partial charge in [-0.25, -0.2) is 23.2 Å². The van der Waals surface area contributed by atoms with Crippen LogP contribution in [-0.4, -0.2) is 124 Å². The van der Waals surface area contributed by atoms with Gasteiger partial charge >= 0.3 is 5.97 Å². The Morgan fingerprint density at radius 2 is 2.00 bits per heavy atom. The van der Waals surface area contributed by atoms with Crippen LogP contribution in [-0.2, 0) is 35.5 Å². The normalized spacial score (nSPS) is 17.7. The summed E-state index contributed by atoms with van der Waals surface area (Å²) in [5.74, 6) is -3.46. The van der Waals surface area contributed by atoms with E-state index in [4.69, 9.17) is 10.6 Å². The minimum absolute atomic E-state index is 0.00671. The summed E-state index contributed by atoms with van der Waals surface area (Å²) in [4.78, 5) is 57.7. The van der Waals surface area contributed by atoms with Gasteiger partial charge in [0.25, 0.3) is 17.6 Å². The van der Waals surface area contributed by atoms with E-state index in [9.17, 15) is 43.2 Å². The summed E-state index contributed by atoms with van der Waals surface area (Å²) in [6.07, 6.45) is 1.78. The van der Waals surface area contributed by atoms with E-state index in [1.54, 1.807) is 6.07 Å². The van der Waals surface area contributed by atoms with Crippen molar-refractivity contribution >= 4 is 79.1 Å². The van der Waals surface area contributed by atoms with Gasteiger partial charge in [0.05, 0.1) is 17.3 Å². The van der Waals surface area contributed by atoms with Crippen molar-refractivity contribution in [3.63, 3.8) is 0 Å². The molecule has 1 fully saturated rings. The first kappa shape index (κ1) is 35.8. The van der Waals surface area contributed by atoms with Crippen molar-refractivity contribution in [3.05, 3.63) is 58.6 Å². The molecule has 5 heterocycles. The average Bonchev–Trinajstić information content (AvgIpc) is 3.72. The number of β-lactam (4-membered cyclic amide) rings is 1. The van der Waals surface area contributed by atoms with E-state index in [-0.39, 0.29) is 46.0 Å². The third-order valence-electron chi connectivity index (χ3n) is 7.40. The molecule has 1 saturated heterocycles. The highest BCUT2D eigenvalue weighted by molar-refractivity contribution is 8.01. The molecule has 0 bridgehead atoms. The molecule has 0 unspecified atom stereocenters. The van der Waals surface area contributed by atoms with Gasteiger partial charge in [-0.1, -0.05) is 5.16 Å². The van der Waals surface area contributed by atoms with Crippen molar-refractivity contribution in [2.24, 2.45) is 5.16 Å². The maximum Gasteiger partial charge on any atom is 0.352 e. The minimum Gasteiger partial charge on any atom is -0.504 e. The van der Waals surface area contributed by atoms with E-state index in [2.05, 4.69) is 30.5 Å². The molecule has 2 amide bonds. The maximum atomic E-state index is 13.4. The van der Waals surface area contributed by atoms with Gasteiger partial charge in [-0.3, -0.25) is 14.5 Å². The number of oxime groups is 1. The van der Waals surface area contributed by atoms with Crippen LogP contribution in [0.25, 0.3) is 5.78 Å². The molecule has 2 aliphatic heterocycles. The number of phenolic OH excluding ortho intramolecular Hbond substituents is 2. The first-order valence-corrected chi connectivity index (χ1v) is 19.3. The number of sulfone groups is 1. The molecule has 268 valence electrons. The molecular weight excluding hydrogens is 751 g/mol. The number of nitrogens with one attached hydrogen (secondary N) is 1. The van der Waals surface area contributed by atoms with Crippen LogP contribution in [0.3, 0.4) is 0 Å². The fourth-order valence-corrected chi connectivity index (χ4v) is 9.05. The predicted molar refractivity (Wildman–Crippen MR) is 183 cm³/mol. The number of aliphatic carboxylic acids is 1. The fraction of sp³-hybridized carbons (Fsp3) is 0.286. The second-order valence-corrected chi connectivity index (χ2v) is 15.8.